The largest absolute Gasteiger partial charge is 0.382 e. The summed E-state index contributed by atoms with van der Waals surface area (Å²) < 4.78 is 16.3. The molecule has 114 valence electrons. The maximum atomic E-state index is 14.5. The first-order valence-corrected chi connectivity index (χ1v) is 7.42. The van der Waals surface area contributed by atoms with Gasteiger partial charge < -0.3 is 5.32 Å². The van der Waals surface area contributed by atoms with E-state index in [0.717, 1.165) is 11.3 Å². The SMILES string of the molecule is CCn1ncc(C(C)C)c1-c1ncc(NC(C)C)cc1F. The average molecular weight is 290 g/mol. The molecule has 21 heavy (non-hydrogen) atoms. The molecule has 0 unspecified atom stereocenters. The van der Waals surface area contributed by atoms with Crippen molar-refractivity contribution in [3.8, 4) is 11.4 Å². The Hall–Kier alpha value is -1.91. The second-order valence-corrected chi connectivity index (χ2v) is 5.77. The van der Waals surface area contributed by atoms with Crippen molar-refractivity contribution in [3.63, 3.8) is 0 Å². The van der Waals surface area contributed by atoms with E-state index in [1.54, 1.807) is 10.9 Å². The second-order valence-electron chi connectivity index (χ2n) is 5.77. The van der Waals surface area contributed by atoms with Crippen LogP contribution in [0.3, 0.4) is 0 Å². The first-order valence-electron chi connectivity index (χ1n) is 7.42. The zero-order valence-corrected chi connectivity index (χ0v) is 13.3. The van der Waals surface area contributed by atoms with E-state index in [2.05, 4.69) is 29.2 Å². The lowest BCUT2D eigenvalue weighted by Crippen LogP contribution is -2.11. The van der Waals surface area contributed by atoms with Gasteiger partial charge in [-0.05, 0) is 26.7 Å². The summed E-state index contributed by atoms with van der Waals surface area (Å²) in [6, 6.07) is 1.74. The van der Waals surface area contributed by atoms with Crippen LogP contribution in [0.2, 0.25) is 0 Å². The van der Waals surface area contributed by atoms with Crippen molar-refractivity contribution < 1.29 is 4.39 Å². The molecular formula is C16H23FN4. The molecule has 0 aromatic carbocycles. The molecule has 0 spiro atoms. The smallest absolute Gasteiger partial charge is 0.153 e. The molecular weight excluding hydrogens is 267 g/mol. The Morgan fingerprint density at radius 1 is 1.24 bits per heavy atom. The van der Waals surface area contributed by atoms with Crippen LogP contribution in [0, 0.1) is 5.82 Å². The van der Waals surface area contributed by atoms with E-state index in [1.165, 1.54) is 6.07 Å². The van der Waals surface area contributed by atoms with E-state index in [1.807, 2.05) is 27.0 Å². The highest BCUT2D eigenvalue weighted by Crippen LogP contribution is 2.30. The van der Waals surface area contributed by atoms with Crippen LogP contribution in [0.5, 0.6) is 0 Å². The minimum atomic E-state index is -0.322. The van der Waals surface area contributed by atoms with Gasteiger partial charge in [0.2, 0.25) is 0 Å². The fourth-order valence-electron chi connectivity index (χ4n) is 2.35. The quantitative estimate of drug-likeness (QED) is 0.903. The summed E-state index contributed by atoms with van der Waals surface area (Å²) in [4.78, 5) is 4.33. The van der Waals surface area contributed by atoms with E-state index < -0.39 is 0 Å². The van der Waals surface area contributed by atoms with Crippen molar-refractivity contribution >= 4 is 5.69 Å². The van der Waals surface area contributed by atoms with E-state index in [9.17, 15) is 4.39 Å². The topological polar surface area (TPSA) is 42.7 Å². The molecule has 2 rings (SSSR count). The molecule has 5 heteroatoms. The maximum Gasteiger partial charge on any atom is 0.153 e. The zero-order chi connectivity index (χ0) is 15.6. The van der Waals surface area contributed by atoms with Crippen molar-refractivity contribution in [1.82, 2.24) is 14.8 Å². The molecule has 0 saturated carbocycles. The van der Waals surface area contributed by atoms with E-state index in [4.69, 9.17) is 0 Å². The highest BCUT2D eigenvalue weighted by molar-refractivity contribution is 5.63. The van der Waals surface area contributed by atoms with Crippen molar-refractivity contribution in [3.05, 3.63) is 29.8 Å². The number of hydrogen-bond donors (Lipinski definition) is 1. The number of anilines is 1. The first-order chi connectivity index (χ1) is 9.93. The van der Waals surface area contributed by atoms with Gasteiger partial charge in [-0.1, -0.05) is 13.8 Å². The fourth-order valence-corrected chi connectivity index (χ4v) is 2.35. The number of aromatic nitrogens is 3. The molecule has 1 N–H and O–H groups in total. The Bertz CT molecular complexity index is 617. The highest BCUT2D eigenvalue weighted by Gasteiger charge is 2.19. The molecule has 2 aromatic heterocycles. The molecule has 0 aliphatic carbocycles. The normalized spacial score (nSPS) is 11.4. The Balaban J connectivity index is 2.49. The fraction of sp³-hybridized carbons (Fsp3) is 0.500. The van der Waals surface area contributed by atoms with Crippen LogP contribution in [0.4, 0.5) is 10.1 Å². The number of aryl methyl sites for hydroxylation is 1. The maximum absolute atomic E-state index is 14.5. The molecule has 4 nitrogen and oxygen atoms in total. The van der Waals surface area contributed by atoms with Crippen LogP contribution >= 0.6 is 0 Å². The van der Waals surface area contributed by atoms with Gasteiger partial charge in [0.05, 0.1) is 23.8 Å². The van der Waals surface area contributed by atoms with E-state index in [-0.39, 0.29) is 17.8 Å². The lowest BCUT2D eigenvalue weighted by atomic mass is 10.0. The molecule has 0 atom stereocenters. The van der Waals surface area contributed by atoms with Gasteiger partial charge in [0.15, 0.2) is 5.82 Å². The predicted molar refractivity (Wildman–Crippen MR) is 83.9 cm³/mol. The molecule has 0 aliphatic heterocycles. The van der Waals surface area contributed by atoms with Gasteiger partial charge in [0.25, 0.3) is 0 Å². The minimum absolute atomic E-state index is 0.240. The lowest BCUT2D eigenvalue weighted by Gasteiger charge is -2.13. The molecule has 0 bridgehead atoms. The summed E-state index contributed by atoms with van der Waals surface area (Å²) in [6.45, 7) is 10.9. The van der Waals surface area contributed by atoms with Gasteiger partial charge in [0.1, 0.15) is 5.69 Å². The van der Waals surface area contributed by atoms with Crippen LogP contribution in [0.15, 0.2) is 18.5 Å². The molecule has 0 aliphatic rings. The summed E-state index contributed by atoms with van der Waals surface area (Å²) in [5, 5.41) is 7.50. The van der Waals surface area contributed by atoms with Crippen LogP contribution < -0.4 is 5.32 Å². The second kappa shape index (κ2) is 6.24. The third-order valence-electron chi connectivity index (χ3n) is 3.31. The van der Waals surface area contributed by atoms with Crippen LogP contribution in [-0.4, -0.2) is 20.8 Å². The standard InChI is InChI=1S/C16H23FN4/c1-6-21-16(13(9-19-21)10(2)3)15-14(17)7-12(8-18-15)20-11(4)5/h7-11,20H,6H2,1-5H3. The molecule has 2 aromatic rings. The van der Waals surface area contributed by atoms with Crippen LogP contribution in [0.25, 0.3) is 11.4 Å². The molecule has 2 heterocycles. The number of pyridine rings is 1. The summed E-state index contributed by atoms with van der Waals surface area (Å²) in [5.41, 5.74) is 2.86. The summed E-state index contributed by atoms with van der Waals surface area (Å²) >= 11 is 0. The van der Waals surface area contributed by atoms with E-state index >= 15 is 0 Å². The van der Waals surface area contributed by atoms with E-state index in [0.29, 0.717) is 17.9 Å². The van der Waals surface area contributed by atoms with Crippen LogP contribution in [-0.2, 0) is 6.54 Å². The molecule has 0 fully saturated rings. The number of halogens is 1. The Morgan fingerprint density at radius 2 is 1.95 bits per heavy atom. The number of rotatable bonds is 5. The Morgan fingerprint density at radius 3 is 2.48 bits per heavy atom. The molecule has 0 saturated heterocycles. The van der Waals surface area contributed by atoms with Crippen molar-refractivity contribution in [1.29, 1.82) is 0 Å². The highest BCUT2D eigenvalue weighted by atomic mass is 19.1. The monoisotopic (exact) mass is 290 g/mol. The van der Waals surface area contributed by atoms with Gasteiger partial charge in [-0.25, -0.2) is 9.37 Å². The number of hydrogen-bond acceptors (Lipinski definition) is 3. The molecule has 0 radical (unpaired) electrons. The minimum Gasteiger partial charge on any atom is -0.382 e. The van der Waals surface area contributed by atoms with Crippen molar-refractivity contribution in [2.45, 2.75) is 53.1 Å². The molecule has 0 amide bonds. The van der Waals surface area contributed by atoms with Gasteiger partial charge in [-0.3, -0.25) is 4.68 Å². The number of nitrogens with zero attached hydrogens (tertiary/aromatic N) is 3. The third-order valence-corrected chi connectivity index (χ3v) is 3.31. The van der Waals surface area contributed by atoms with Gasteiger partial charge >= 0.3 is 0 Å². The van der Waals surface area contributed by atoms with Gasteiger partial charge in [-0.15, -0.1) is 0 Å². The Labute approximate surface area is 125 Å². The Kier molecular flexibility index (Phi) is 4.60. The summed E-state index contributed by atoms with van der Waals surface area (Å²) in [7, 11) is 0. The zero-order valence-electron chi connectivity index (χ0n) is 13.3. The lowest BCUT2D eigenvalue weighted by molar-refractivity contribution is 0.614. The van der Waals surface area contributed by atoms with Gasteiger partial charge in [-0.2, -0.15) is 5.10 Å². The first kappa shape index (κ1) is 15.5. The van der Waals surface area contributed by atoms with Crippen LogP contribution in [0.1, 0.15) is 46.1 Å². The van der Waals surface area contributed by atoms with Crippen molar-refractivity contribution in [2.75, 3.05) is 5.32 Å². The van der Waals surface area contributed by atoms with Crippen molar-refractivity contribution in [2.24, 2.45) is 0 Å². The van der Waals surface area contributed by atoms with Gasteiger partial charge in [0, 0.05) is 24.2 Å². The summed E-state index contributed by atoms with van der Waals surface area (Å²) in [5.74, 6) is -0.0484. The summed E-state index contributed by atoms with van der Waals surface area (Å²) in [6.07, 6.45) is 3.49. The number of nitrogens with one attached hydrogen (secondary N) is 1. The predicted octanol–water partition coefficient (Wildman–Crippen LogP) is 4.05. The average Bonchev–Trinajstić information content (AvgIpc) is 2.81. The third kappa shape index (κ3) is 3.23.